The first kappa shape index (κ1) is 15.8. The summed E-state index contributed by atoms with van der Waals surface area (Å²) in [6, 6.07) is 1.73. The minimum atomic E-state index is -1.30. The van der Waals surface area contributed by atoms with Crippen molar-refractivity contribution in [3.8, 4) is 0 Å². The van der Waals surface area contributed by atoms with Crippen molar-refractivity contribution >= 4 is 29.2 Å². The summed E-state index contributed by atoms with van der Waals surface area (Å²) < 4.78 is 13.9. The summed E-state index contributed by atoms with van der Waals surface area (Å²) in [6.07, 6.45) is -1.30. The number of carboxylic acid groups (broad SMARTS) is 1. The fraction of sp³-hybridized carbons (Fsp3) is 0.538. The SMILES string of the molecule is C[C@H]1CN(C)C[C@H](C)N1c1cc(NC(=O)O)c(Cl)c(F)n1. The Labute approximate surface area is 127 Å². The summed E-state index contributed by atoms with van der Waals surface area (Å²) >= 11 is 5.75. The van der Waals surface area contributed by atoms with Gasteiger partial charge >= 0.3 is 6.09 Å². The van der Waals surface area contributed by atoms with Crippen LogP contribution in [0.1, 0.15) is 13.8 Å². The molecular formula is C13H18ClFN4O2. The summed E-state index contributed by atoms with van der Waals surface area (Å²) in [4.78, 5) is 18.8. The molecule has 1 aliphatic heterocycles. The van der Waals surface area contributed by atoms with E-state index in [1.807, 2.05) is 25.8 Å². The minimum absolute atomic E-state index is 0.00462. The molecule has 0 saturated carbocycles. The van der Waals surface area contributed by atoms with E-state index >= 15 is 0 Å². The van der Waals surface area contributed by atoms with Gasteiger partial charge in [-0.25, -0.2) is 9.78 Å². The van der Waals surface area contributed by atoms with Crippen molar-refractivity contribution in [1.82, 2.24) is 9.88 Å². The zero-order valence-corrected chi connectivity index (χ0v) is 12.9. The van der Waals surface area contributed by atoms with E-state index in [0.717, 1.165) is 13.1 Å². The van der Waals surface area contributed by atoms with Gasteiger partial charge < -0.3 is 14.9 Å². The maximum Gasteiger partial charge on any atom is 0.409 e. The van der Waals surface area contributed by atoms with Crippen LogP contribution in [0.4, 0.5) is 20.7 Å². The molecule has 1 aromatic rings. The van der Waals surface area contributed by atoms with Gasteiger partial charge in [0.25, 0.3) is 0 Å². The molecule has 2 atom stereocenters. The van der Waals surface area contributed by atoms with E-state index in [1.165, 1.54) is 6.07 Å². The van der Waals surface area contributed by atoms with Crippen molar-refractivity contribution in [2.24, 2.45) is 0 Å². The smallest absolute Gasteiger partial charge is 0.409 e. The van der Waals surface area contributed by atoms with E-state index in [9.17, 15) is 9.18 Å². The second-order valence-electron chi connectivity index (χ2n) is 5.39. The molecule has 21 heavy (non-hydrogen) atoms. The molecule has 6 nitrogen and oxygen atoms in total. The molecule has 0 aliphatic carbocycles. The van der Waals surface area contributed by atoms with Gasteiger partial charge in [-0.15, -0.1) is 0 Å². The highest BCUT2D eigenvalue weighted by Crippen LogP contribution is 2.31. The molecule has 0 spiro atoms. The van der Waals surface area contributed by atoms with Crippen LogP contribution in [0, 0.1) is 5.95 Å². The Balaban J connectivity index is 2.39. The molecule has 116 valence electrons. The fourth-order valence-electron chi connectivity index (χ4n) is 2.86. The van der Waals surface area contributed by atoms with Crippen LogP contribution < -0.4 is 10.2 Å². The van der Waals surface area contributed by atoms with E-state index < -0.39 is 12.0 Å². The van der Waals surface area contributed by atoms with E-state index in [0.29, 0.717) is 5.82 Å². The zero-order valence-electron chi connectivity index (χ0n) is 12.1. The Hall–Kier alpha value is -1.60. The highest BCUT2D eigenvalue weighted by molar-refractivity contribution is 6.33. The second-order valence-corrected chi connectivity index (χ2v) is 5.77. The molecule has 1 fully saturated rings. The number of anilines is 2. The van der Waals surface area contributed by atoms with Crippen LogP contribution in [0.2, 0.25) is 5.02 Å². The first-order valence-electron chi connectivity index (χ1n) is 6.62. The Kier molecular flexibility index (Phi) is 4.53. The lowest BCUT2D eigenvalue weighted by Crippen LogP contribution is -2.56. The molecule has 0 unspecified atom stereocenters. The van der Waals surface area contributed by atoms with E-state index in [-0.39, 0.29) is 22.8 Å². The van der Waals surface area contributed by atoms with E-state index in [1.54, 1.807) is 0 Å². The van der Waals surface area contributed by atoms with Gasteiger partial charge in [0.2, 0.25) is 5.95 Å². The number of hydrogen-bond acceptors (Lipinski definition) is 4. The zero-order chi connectivity index (χ0) is 15.7. The largest absolute Gasteiger partial charge is 0.465 e. The number of piperazine rings is 1. The minimum Gasteiger partial charge on any atom is -0.465 e. The molecule has 1 saturated heterocycles. The summed E-state index contributed by atoms with van der Waals surface area (Å²) in [6.45, 7) is 5.67. The van der Waals surface area contributed by atoms with Crippen molar-refractivity contribution in [1.29, 1.82) is 0 Å². The first-order valence-corrected chi connectivity index (χ1v) is 7.00. The average Bonchev–Trinajstić information content (AvgIpc) is 2.33. The predicted octanol–water partition coefficient (Wildman–Crippen LogP) is 2.49. The average molecular weight is 317 g/mol. The number of aromatic nitrogens is 1. The van der Waals surface area contributed by atoms with Gasteiger partial charge in [0.1, 0.15) is 10.8 Å². The molecule has 1 aromatic heterocycles. The summed E-state index contributed by atoms with van der Waals surface area (Å²) in [5.41, 5.74) is 0.00462. The van der Waals surface area contributed by atoms with Crippen LogP contribution >= 0.6 is 11.6 Å². The Morgan fingerprint density at radius 1 is 1.48 bits per heavy atom. The number of rotatable bonds is 2. The van der Waals surface area contributed by atoms with Crippen molar-refractivity contribution < 1.29 is 14.3 Å². The lowest BCUT2D eigenvalue weighted by molar-refractivity contribution is 0.209. The molecule has 0 aromatic carbocycles. The number of likely N-dealkylation sites (N-methyl/N-ethyl adjacent to an activating group) is 1. The van der Waals surface area contributed by atoms with Crippen LogP contribution in [-0.4, -0.2) is 53.3 Å². The van der Waals surface area contributed by atoms with Gasteiger partial charge in [-0.2, -0.15) is 4.39 Å². The van der Waals surface area contributed by atoms with Gasteiger partial charge in [0.15, 0.2) is 0 Å². The van der Waals surface area contributed by atoms with Gasteiger partial charge in [0, 0.05) is 31.2 Å². The highest BCUT2D eigenvalue weighted by atomic mass is 35.5. The Morgan fingerprint density at radius 2 is 2.05 bits per heavy atom. The Bertz CT molecular complexity index is 545. The molecule has 2 heterocycles. The van der Waals surface area contributed by atoms with Crippen molar-refractivity contribution in [3.63, 3.8) is 0 Å². The van der Waals surface area contributed by atoms with Crippen LogP contribution in [0.25, 0.3) is 0 Å². The van der Waals surface area contributed by atoms with Crippen LogP contribution in [0.15, 0.2) is 6.07 Å². The monoisotopic (exact) mass is 316 g/mol. The standard InChI is InChI=1S/C13H18ClFN4O2/c1-7-5-18(3)6-8(2)19(7)10-4-9(16-13(20)21)11(14)12(15)17-10/h4,7-8H,5-6H2,1-3H3,(H,16,17)(H,20,21)/t7-,8-/m0/s1. The van der Waals surface area contributed by atoms with E-state index in [4.69, 9.17) is 16.7 Å². The number of amides is 1. The summed E-state index contributed by atoms with van der Waals surface area (Å²) in [5.74, 6) is -0.495. The van der Waals surface area contributed by atoms with Crippen LogP contribution in [0.3, 0.4) is 0 Å². The maximum atomic E-state index is 13.9. The molecule has 0 bridgehead atoms. The van der Waals surface area contributed by atoms with Gasteiger partial charge in [-0.3, -0.25) is 5.32 Å². The number of hydrogen-bond donors (Lipinski definition) is 2. The fourth-order valence-corrected chi connectivity index (χ4v) is 3.01. The lowest BCUT2D eigenvalue weighted by Gasteiger charge is -2.44. The highest BCUT2D eigenvalue weighted by Gasteiger charge is 2.30. The molecule has 8 heteroatoms. The number of carbonyl (C=O) groups is 1. The first-order chi connectivity index (χ1) is 9.79. The van der Waals surface area contributed by atoms with E-state index in [2.05, 4.69) is 15.2 Å². The van der Waals surface area contributed by atoms with Crippen LogP contribution in [-0.2, 0) is 0 Å². The number of halogens is 2. The summed E-state index contributed by atoms with van der Waals surface area (Å²) in [5, 5.41) is 10.6. The Morgan fingerprint density at radius 3 is 2.57 bits per heavy atom. The molecular weight excluding hydrogens is 299 g/mol. The predicted molar refractivity (Wildman–Crippen MR) is 79.8 cm³/mol. The van der Waals surface area contributed by atoms with Gasteiger partial charge in [-0.05, 0) is 20.9 Å². The molecule has 2 rings (SSSR count). The number of nitrogens with one attached hydrogen (secondary N) is 1. The second kappa shape index (κ2) is 6.03. The topological polar surface area (TPSA) is 68.7 Å². The quantitative estimate of drug-likeness (QED) is 0.820. The molecule has 1 amide bonds. The van der Waals surface area contributed by atoms with Crippen molar-refractivity contribution in [2.45, 2.75) is 25.9 Å². The maximum absolute atomic E-state index is 13.9. The number of pyridine rings is 1. The van der Waals surface area contributed by atoms with Crippen molar-refractivity contribution in [2.75, 3.05) is 30.4 Å². The third-order valence-corrected chi connectivity index (χ3v) is 3.87. The van der Waals surface area contributed by atoms with Crippen LogP contribution in [0.5, 0.6) is 0 Å². The normalized spacial score (nSPS) is 23.2. The lowest BCUT2D eigenvalue weighted by atomic mass is 10.1. The van der Waals surface area contributed by atoms with Gasteiger partial charge in [0.05, 0.1) is 5.69 Å². The van der Waals surface area contributed by atoms with Gasteiger partial charge in [-0.1, -0.05) is 11.6 Å². The summed E-state index contributed by atoms with van der Waals surface area (Å²) in [7, 11) is 2.03. The third kappa shape index (κ3) is 3.36. The number of nitrogens with zero attached hydrogens (tertiary/aromatic N) is 3. The molecule has 2 N–H and O–H groups in total. The molecule has 0 radical (unpaired) electrons. The molecule has 1 aliphatic rings. The van der Waals surface area contributed by atoms with Crippen molar-refractivity contribution in [3.05, 3.63) is 17.0 Å². The third-order valence-electron chi connectivity index (χ3n) is 3.51.